The predicted molar refractivity (Wildman–Crippen MR) is 103 cm³/mol. The van der Waals surface area contributed by atoms with E-state index in [4.69, 9.17) is 0 Å². The summed E-state index contributed by atoms with van der Waals surface area (Å²) in [5, 5.41) is 8.57. The Morgan fingerprint density at radius 3 is 2.38 bits per heavy atom. The first kappa shape index (κ1) is 22.6. The molecule has 1 fully saturated rings. The zero-order valence-corrected chi connectivity index (χ0v) is 16.4. The summed E-state index contributed by atoms with van der Waals surface area (Å²) in [5.41, 5.74) is 0.357. The molecule has 0 aromatic heterocycles. The summed E-state index contributed by atoms with van der Waals surface area (Å²) in [6.45, 7) is -1.01. The van der Waals surface area contributed by atoms with E-state index in [9.17, 15) is 23.2 Å². The van der Waals surface area contributed by atoms with Crippen LogP contribution < -0.4 is 20.7 Å². The number of ether oxygens (including phenoxy) is 1. The standard InChI is InChI=1S/C20H27F2N3O4/c1-13(26)23-11-3-6-18(27)24-15-4-2-5-16(12-15)25-19(28)14-7-9-17(10-8-14)29-20(21)22/h7-10,15-16,20H,2-6,11-12H2,1H3,(H,23,26)(H,24,27)(H,25,28)/t15-,16-/m1/s1. The second kappa shape index (κ2) is 11.3. The van der Waals surface area contributed by atoms with Crippen LogP contribution in [-0.4, -0.2) is 43.0 Å². The van der Waals surface area contributed by atoms with Gasteiger partial charge >= 0.3 is 6.61 Å². The number of hydrogen-bond acceptors (Lipinski definition) is 4. The Labute approximate surface area is 168 Å². The maximum Gasteiger partial charge on any atom is 0.387 e. The number of amides is 3. The van der Waals surface area contributed by atoms with E-state index in [1.54, 1.807) is 0 Å². The Balaban J connectivity index is 1.76. The van der Waals surface area contributed by atoms with Crippen LogP contribution in [0.4, 0.5) is 8.78 Å². The Morgan fingerprint density at radius 2 is 1.76 bits per heavy atom. The van der Waals surface area contributed by atoms with Crippen LogP contribution in [0, 0.1) is 0 Å². The van der Waals surface area contributed by atoms with Gasteiger partial charge < -0.3 is 20.7 Å². The largest absolute Gasteiger partial charge is 0.435 e. The molecule has 0 radical (unpaired) electrons. The van der Waals surface area contributed by atoms with E-state index in [1.807, 2.05) is 0 Å². The van der Waals surface area contributed by atoms with Crippen LogP contribution in [0.5, 0.6) is 5.75 Å². The molecule has 9 heteroatoms. The Morgan fingerprint density at radius 1 is 1.10 bits per heavy atom. The first-order valence-electron chi connectivity index (χ1n) is 9.73. The predicted octanol–water partition coefficient (Wildman–Crippen LogP) is 2.36. The van der Waals surface area contributed by atoms with Crippen molar-refractivity contribution in [1.29, 1.82) is 0 Å². The molecule has 1 aromatic rings. The van der Waals surface area contributed by atoms with Crippen LogP contribution in [0.3, 0.4) is 0 Å². The first-order valence-corrected chi connectivity index (χ1v) is 9.73. The highest BCUT2D eigenvalue weighted by Gasteiger charge is 2.24. The molecule has 3 N–H and O–H groups in total. The summed E-state index contributed by atoms with van der Waals surface area (Å²) < 4.78 is 28.6. The number of rotatable bonds is 9. The second-order valence-corrected chi connectivity index (χ2v) is 7.09. The lowest BCUT2D eigenvalue weighted by molar-refractivity contribution is -0.123. The summed E-state index contributed by atoms with van der Waals surface area (Å²) in [5.74, 6) is -0.481. The number of halogens is 2. The van der Waals surface area contributed by atoms with Gasteiger partial charge in [0.1, 0.15) is 5.75 Å². The highest BCUT2D eigenvalue weighted by Crippen LogP contribution is 2.20. The van der Waals surface area contributed by atoms with Gasteiger partial charge in [-0.15, -0.1) is 0 Å². The van der Waals surface area contributed by atoms with Crippen molar-refractivity contribution in [3.05, 3.63) is 29.8 Å². The molecule has 3 amide bonds. The molecule has 0 spiro atoms. The van der Waals surface area contributed by atoms with Crippen molar-refractivity contribution in [3.8, 4) is 5.75 Å². The van der Waals surface area contributed by atoms with E-state index in [1.165, 1.54) is 31.2 Å². The van der Waals surface area contributed by atoms with E-state index in [0.717, 1.165) is 19.3 Å². The quantitative estimate of drug-likeness (QED) is 0.544. The molecule has 29 heavy (non-hydrogen) atoms. The van der Waals surface area contributed by atoms with Crippen molar-refractivity contribution >= 4 is 17.7 Å². The summed E-state index contributed by atoms with van der Waals surface area (Å²) in [6.07, 6.45) is 4.08. The van der Waals surface area contributed by atoms with Crippen molar-refractivity contribution in [1.82, 2.24) is 16.0 Å². The van der Waals surface area contributed by atoms with E-state index in [2.05, 4.69) is 20.7 Å². The van der Waals surface area contributed by atoms with E-state index < -0.39 is 6.61 Å². The number of benzene rings is 1. The fourth-order valence-electron chi connectivity index (χ4n) is 3.32. The SMILES string of the molecule is CC(=O)NCCCC(=O)N[C@@H]1CCC[C@@H](NC(=O)c2ccc(OC(F)F)cc2)C1. The van der Waals surface area contributed by atoms with Gasteiger partial charge in [0.05, 0.1) is 0 Å². The molecule has 1 aliphatic carbocycles. The zero-order valence-electron chi connectivity index (χ0n) is 16.4. The lowest BCUT2D eigenvalue weighted by Crippen LogP contribution is -2.45. The number of alkyl halides is 2. The molecule has 0 bridgehead atoms. The third-order valence-electron chi connectivity index (χ3n) is 4.67. The average molecular weight is 411 g/mol. The first-order chi connectivity index (χ1) is 13.8. The Kier molecular flexibility index (Phi) is 8.82. The highest BCUT2D eigenvalue weighted by molar-refractivity contribution is 5.94. The van der Waals surface area contributed by atoms with Gasteiger partial charge in [0.25, 0.3) is 5.91 Å². The summed E-state index contributed by atoms with van der Waals surface area (Å²) in [7, 11) is 0. The minimum absolute atomic E-state index is 0.00417. The molecule has 0 saturated heterocycles. The molecule has 7 nitrogen and oxygen atoms in total. The normalized spacial score (nSPS) is 18.8. The van der Waals surface area contributed by atoms with Crippen LogP contribution in [-0.2, 0) is 9.59 Å². The molecule has 1 aliphatic rings. The molecule has 2 atom stereocenters. The molecule has 0 unspecified atom stereocenters. The topological polar surface area (TPSA) is 96.5 Å². The van der Waals surface area contributed by atoms with Crippen LogP contribution in [0.15, 0.2) is 24.3 Å². The molecular weight excluding hydrogens is 384 g/mol. The average Bonchev–Trinajstić information content (AvgIpc) is 2.65. The van der Waals surface area contributed by atoms with Gasteiger partial charge in [0.2, 0.25) is 11.8 Å². The minimum atomic E-state index is -2.91. The minimum Gasteiger partial charge on any atom is -0.435 e. The summed E-state index contributed by atoms with van der Waals surface area (Å²) in [4.78, 5) is 35.2. The molecular formula is C20H27F2N3O4. The van der Waals surface area contributed by atoms with Gasteiger partial charge in [-0.05, 0) is 56.4 Å². The van der Waals surface area contributed by atoms with Crippen LogP contribution in [0.2, 0.25) is 0 Å². The fraction of sp³-hybridized carbons (Fsp3) is 0.550. The van der Waals surface area contributed by atoms with Crippen molar-refractivity contribution in [3.63, 3.8) is 0 Å². The van der Waals surface area contributed by atoms with Gasteiger partial charge in [-0.1, -0.05) is 0 Å². The molecule has 160 valence electrons. The highest BCUT2D eigenvalue weighted by atomic mass is 19.3. The van der Waals surface area contributed by atoms with Crippen molar-refractivity contribution in [2.24, 2.45) is 0 Å². The molecule has 0 aliphatic heterocycles. The summed E-state index contributed by atoms with van der Waals surface area (Å²) >= 11 is 0. The monoisotopic (exact) mass is 411 g/mol. The third kappa shape index (κ3) is 8.45. The van der Waals surface area contributed by atoms with Gasteiger partial charge in [0.15, 0.2) is 0 Å². The number of nitrogens with one attached hydrogen (secondary N) is 3. The maximum atomic E-state index is 12.4. The summed E-state index contributed by atoms with van der Waals surface area (Å²) in [6, 6.07) is 5.44. The lowest BCUT2D eigenvalue weighted by Gasteiger charge is -2.30. The second-order valence-electron chi connectivity index (χ2n) is 7.09. The molecule has 1 saturated carbocycles. The zero-order chi connectivity index (χ0) is 21.2. The Bertz CT molecular complexity index is 697. The van der Waals surface area contributed by atoms with E-state index in [0.29, 0.717) is 31.4 Å². The van der Waals surface area contributed by atoms with Gasteiger partial charge in [0, 0.05) is 37.5 Å². The van der Waals surface area contributed by atoms with Crippen LogP contribution in [0.1, 0.15) is 55.8 Å². The lowest BCUT2D eigenvalue weighted by atomic mass is 9.90. The fourth-order valence-corrected chi connectivity index (χ4v) is 3.32. The van der Waals surface area contributed by atoms with Crippen molar-refractivity contribution in [2.75, 3.05) is 6.54 Å². The van der Waals surface area contributed by atoms with Gasteiger partial charge in [-0.2, -0.15) is 8.78 Å². The number of carbonyl (C=O) groups is 3. The Hall–Kier alpha value is -2.71. The molecule has 0 heterocycles. The smallest absolute Gasteiger partial charge is 0.387 e. The number of carbonyl (C=O) groups excluding carboxylic acids is 3. The molecule has 2 rings (SSSR count). The third-order valence-corrected chi connectivity index (χ3v) is 4.67. The molecule has 1 aromatic carbocycles. The van der Waals surface area contributed by atoms with Gasteiger partial charge in [-0.25, -0.2) is 0 Å². The van der Waals surface area contributed by atoms with Crippen LogP contribution >= 0.6 is 0 Å². The number of hydrogen-bond donors (Lipinski definition) is 3. The van der Waals surface area contributed by atoms with E-state index in [-0.39, 0.29) is 35.6 Å². The van der Waals surface area contributed by atoms with E-state index >= 15 is 0 Å². The van der Waals surface area contributed by atoms with Crippen molar-refractivity contribution in [2.45, 2.75) is 64.1 Å². The maximum absolute atomic E-state index is 12.4. The van der Waals surface area contributed by atoms with Gasteiger partial charge in [-0.3, -0.25) is 14.4 Å². The van der Waals surface area contributed by atoms with Crippen molar-refractivity contribution < 1.29 is 27.9 Å². The van der Waals surface area contributed by atoms with Crippen LogP contribution in [0.25, 0.3) is 0 Å².